The zero-order valence-electron chi connectivity index (χ0n) is 12.7. The molecule has 118 valence electrons. The van der Waals surface area contributed by atoms with Crippen molar-refractivity contribution in [2.24, 2.45) is 5.92 Å². The van der Waals surface area contributed by atoms with Crippen LogP contribution in [0.15, 0.2) is 24.5 Å². The van der Waals surface area contributed by atoms with Gasteiger partial charge in [0.25, 0.3) is 0 Å². The first-order valence-corrected chi connectivity index (χ1v) is 9.16. The van der Waals surface area contributed by atoms with E-state index in [1.165, 1.54) is 12.0 Å². The summed E-state index contributed by atoms with van der Waals surface area (Å²) in [6.07, 6.45) is 8.45. The van der Waals surface area contributed by atoms with E-state index in [9.17, 15) is 4.79 Å². The molecule has 1 atom stereocenters. The number of rotatable bonds is 4. The zero-order valence-corrected chi connectivity index (χ0v) is 13.6. The lowest BCUT2D eigenvalue weighted by molar-refractivity contribution is -0.144. The molecule has 4 rings (SSSR count). The van der Waals surface area contributed by atoms with Gasteiger partial charge >= 0.3 is 0 Å². The van der Waals surface area contributed by atoms with Gasteiger partial charge < -0.3 is 9.64 Å². The predicted molar refractivity (Wildman–Crippen MR) is 86.5 cm³/mol. The van der Waals surface area contributed by atoms with Crippen molar-refractivity contribution in [1.82, 2.24) is 9.88 Å². The Morgan fingerprint density at radius 2 is 2.14 bits per heavy atom. The lowest BCUT2D eigenvalue weighted by Crippen LogP contribution is -2.62. The highest BCUT2D eigenvalue weighted by Crippen LogP contribution is 2.47. The fraction of sp³-hybridized carbons (Fsp3) is 0.647. The Labute approximate surface area is 135 Å². The molecule has 1 amide bonds. The normalized spacial score (nSPS) is 26.7. The summed E-state index contributed by atoms with van der Waals surface area (Å²) in [5.74, 6) is 1.79. The molecule has 1 aromatic rings. The number of carbonyl (C=O) groups excluding carboxylic acids is 1. The van der Waals surface area contributed by atoms with Crippen molar-refractivity contribution >= 4 is 17.7 Å². The molecule has 1 spiro atoms. The van der Waals surface area contributed by atoms with Crippen LogP contribution in [0, 0.1) is 5.92 Å². The van der Waals surface area contributed by atoms with Crippen LogP contribution in [-0.4, -0.2) is 45.5 Å². The van der Waals surface area contributed by atoms with E-state index >= 15 is 0 Å². The smallest absolute Gasteiger partial charge is 0.225 e. The van der Waals surface area contributed by atoms with Crippen molar-refractivity contribution in [2.45, 2.75) is 43.1 Å². The topological polar surface area (TPSA) is 42.4 Å². The van der Waals surface area contributed by atoms with Gasteiger partial charge in [0.15, 0.2) is 0 Å². The summed E-state index contributed by atoms with van der Waals surface area (Å²) in [5.41, 5.74) is 1.18. The van der Waals surface area contributed by atoms with Crippen molar-refractivity contribution in [3.05, 3.63) is 30.1 Å². The number of ether oxygens (including phenoxy) is 1. The largest absolute Gasteiger partial charge is 0.373 e. The molecule has 0 bridgehead atoms. The molecular formula is C17H22N2O2S. The van der Waals surface area contributed by atoms with Crippen LogP contribution in [0.25, 0.3) is 0 Å². The Morgan fingerprint density at radius 3 is 2.82 bits per heavy atom. The third-order valence-electron chi connectivity index (χ3n) is 5.13. The van der Waals surface area contributed by atoms with Gasteiger partial charge in [-0.2, -0.15) is 0 Å². The van der Waals surface area contributed by atoms with E-state index in [4.69, 9.17) is 4.74 Å². The molecule has 22 heavy (non-hydrogen) atoms. The molecule has 3 aliphatic rings. The van der Waals surface area contributed by atoms with E-state index in [2.05, 4.69) is 9.88 Å². The number of nitrogens with zero attached hydrogens (tertiary/aromatic N) is 2. The molecular weight excluding hydrogens is 296 g/mol. The third kappa shape index (κ3) is 2.76. The van der Waals surface area contributed by atoms with Crippen molar-refractivity contribution in [1.29, 1.82) is 0 Å². The summed E-state index contributed by atoms with van der Waals surface area (Å²) < 4.78 is 6.32. The third-order valence-corrected chi connectivity index (χ3v) is 6.71. The maximum atomic E-state index is 12.2. The quantitative estimate of drug-likeness (QED) is 0.855. The van der Waals surface area contributed by atoms with Gasteiger partial charge in [-0.05, 0) is 37.0 Å². The molecule has 1 aliphatic carbocycles. The number of amides is 1. The van der Waals surface area contributed by atoms with E-state index in [1.54, 1.807) is 12.4 Å². The molecule has 3 heterocycles. The number of aromatic nitrogens is 1. The molecule has 4 nitrogen and oxygen atoms in total. The van der Waals surface area contributed by atoms with Crippen molar-refractivity contribution < 1.29 is 9.53 Å². The second-order valence-electron chi connectivity index (χ2n) is 6.81. The molecule has 1 aromatic heterocycles. The maximum Gasteiger partial charge on any atom is 0.225 e. The van der Waals surface area contributed by atoms with Gasteiger partial charge in [0.05, 0.1) is 17.5 Å². The van der Waals surface area contributed by atoms with Crippen LogP contribution in [-0.2, 0) is 16.1 Å². The Morgan fingerprint density at radius 1 is 1.36 bits per heavy atom. The monoisotopic (exact) mass is 318 g/mol. The highest BCUT2D eigenvalue weighted by molar-refractivity contribution is 8.01. The van der Waals surface area contributed by atoms with E-state index < -0.39 is 0 Å². The van der Waals surface area contributed by atoms with Crippen LogP contribution in [0.1, 0.15) is 31.2 Å². The number of hydrogen-bond donors (Lipinski definition) is 0. The van der Waals surface area contributed by atoms with Crippen molar-refractivity contribution in [3.63, 3.8) is 0 Å². The van der Waals surface area contributed by atoms with Gasteiger partial charge in [-0.1, -0.05) is 6.42 Å². The molecule has 0 aromatic carbocycles. The summed E-state index contributed by atoms with van der Waals surface area (Å²) in [4.78, 5) is 18.3. The number of likely N-dealkylation sites (tertiary alicyclic amines) is 1. The van der Waals surface area contributed by atoms with Gasteiger partial charge in [0.1, 0.15) is 0 Å². The van der Waals surface area contributed by atoms with Crippen LogP contribution in [0.4, 0.5) is 0 Å². The summed E-state index contributed by atoms with van der Waals surface area (Å²) in [6, 6.07) is 4.00. The number of carbonyl (C=O) groups is 1. The number of thioether (sulfide) groups is 1. The minimum absolute atomic E-state index is 0.280. The van der Waals surface area contributed by atoms with Gasteiger partial charge in [0, 0.05) is 37.2 Å². The Kier molecular flexibility index (Phi) is 3.86. The average Bonchev–Trinajstić information content (AvgIpc) is 2.87. The number of pyridine rings is 1. The second kappa shape index (κ2) is 5.85. The molecule has 0 radical (unpaired) electrons. The number of hydrogen-bond acceptors (Lipinski definition) is 4. The first-order chi connectivity index (χ1) is 10.7. The summed E-state index contributed by atoms with van der Waals surface area (Å²) in [5, 5.41) is 0. The molecule has 2 saturated heterocycles. The van der Waals surface area contributed by atoms with E-state index in [1.807, 2.05) is 23.9 Å². The molecule has 5 heteroatoms. The zero-order chi connectivity index (χ0) is 15.0. The van der Waals surface area contributed by atoms with Gasteiger partial charge in [-0.15, -0.1) is 11.8 Å². The molecule has 1 saturated carbocycles. The predicted octanol–water partition coefficient (Wildman–Crippen LogP) is 2.48. The van der Waals surface area contributed by atoms with Crippen LogP contribution in [0.5, 0.6) is 0 Å². The van der Waals surface area contributed by atoms with Crippen LogP contribution in [0.3, 0.4) is 0 Å². The second-order valence-corrected chi connectivity index (χ2v) is 8.30. The van der Waals surface area contributed by atoms with E-state index in [-0.39, 0.29) is 4.75 Å². The SMILES string of the molecule is O=C(C1CCC1)N1CC2(C[C@H](OCc3ccncc3)CS2)C1. The van der Waals surface area contributed by atoms with E-state index in [0.29, 0.717) is 24.5 Å². The molecule has 0 N–H and O–H groups in total. The molecule has 0 unspecified atom stereocenters. The minimum atomic E-state index is 0.280. The van der Waals surface area contributed by atoms with Crippen LogP contribution >= 0.6 is 11.8 Å². The van der Waals surface area contributed by atoms with Gasteiger partial charge in [0.2, 0.25) is 5.91 Å². The first kappa shape index (κ1) is 14.5. The van der Waals surface area contributed by atoms with Crippen molar-refractivity contribution in [3.8, 4) is 0 Å². The Hall–Kier alpha value is -1.07. The Balaban J connectivity index is 1.24. The molecule has 2 aliphatic heterocycles. The average molecular weight is 318 g/mol. The maximum absolute atomic E-state index is 12.2. The standard InChI is InChI=1S/C17H22N2O2S/c20-16(14-2-1-3-14)19-11-17(12-19)8-15(10-22-17)21-9-13-4-6-18-7-5-13/h4-7,14-15H,1-3,8-12H2/t15-/m0/s1. The lowest BCUT2D eigenvalue weighted by Gasteiger charge is -2.49. The van der Waals surface area contributed by atoms with Gasteiger partial charge in [-0.3, -0.25) is 9.78 Å². The highest BCUT2D eigenvalue weighted by atomic mass is 32.2. The van der Waals surface area contributed by atoms with Gasteiger partial charge in [-0.25, -0.2) is 0 Å². The first-order valence-electron chi connectivity index (χ1n) is 8.17. The Bertz CT molecular complexity index is 541. The van der Waals surface area contributed by atoms with E-state index in [0.717, 1.165) is 38.1 Å². The highest BCUT2D eigenvalue weighted by Gasteiger charge is 2.51. The lowest BCUT2D eigenvalue weighted by atomic mass is 9.82. The molecule has 3 fully saturated rings. The summed E-state index contributed by atoms with van der Waals surface area (Å²) >= 11 is 2.00. The van der Waals surface area contributed by atoms with Crippen molar-refractivity contribution in [2.75, 3.05) is 18.8 Å². The summed E-state index contributed by atoms with van der Waals surface area (Å²) in [7, 11) is 0. The fourth-order valence-corrected chi connectivity index (χ4v) is 5.09. The van der Waals surface area contributed by atoms with Crippen LogP contribution < -0.4 is 0 Å². The fourth-order valence-electron chi connectivity index (χ4n) is 3.54. The van der Waals surface area contributed by atoms with Crippen LogP contribution in [0.2, 0.25) is 0 Å². The minimum Gasteiger partial charge on any atom is -0.373 e. The summed E-state index contributed by atoms with van der Waals surface area (Å²) in [6.45, 7) is 2.53.